The fourth-order valence-electron chi connectivity index (χ4n) is 2.83. The third-order valence-corrected chi connectivity index (χ3v) is 4.11. The van der Waals surface area contributed by atoms with E-state index in [0.29, 0.717) is 25.9 Å². The number of hydrogen-bond donors (Lipinski definition) is 0. The molecule has 0 saturated carbocycles. The zero-order valence-corrected chi connectivity index (χ0v) is 12.4. The van der Waals surface area contributed by atoms with Crippen LogP contribution in [0.1, 0.15) is 18.4 Å². The van der Waals surface area contributed by atoms with Crippen molar-refractivity contribution < 1.29 is 18.0 Å². The lowest BCUT2D eigenvalue weighted by atomic mass is 10.0. The molecule has 1 heterocycles. The van der Waals surface area contributed by atoms with E-state index in [0.717, 1.165) is 6.07 Å². The molecule has 0 radical (unpaired) electrons. The molecule has 0 aromatic heterocycles. The number of likely N-dealkylation sites (tertiary alicyclic amines) is 1. The van der Waals surface area contributed by atoms with E-state index in [2.05, 4.69) is 0 Å². The largest absolute Gasteiger partial charge is 0.670 e. The number of amides is 1. The van der Waals surface area contributed by atoms with Gasteiger partial charge < -0.3 is 15.5 Å². The van der Waals surface area contributed by atoms with Crippen LogP contribution in [0.4, 0.5) is 18.9 Å². The molecule has 1 N–H and O–H groups in total. The van der Waals surface area contributed by atoms with Gasteiger partial charge in [0, 0.05) is 31.9 Å². The van der Waals surface area contributed by atoms with Gasteiger partial charge in [0.15, 0.2) is 0 Å². The smallest absolute Gasteiger partial charge is 0.418 e. The molecule has 0 bridgehead atoms. The maximum absolute atomic E-state index is 13.1. The van der Waals surface area contributed by atoms with Gasteiger partial charge in [0.1, 0.15) is 0 Å². The van der Waals surface area contributed by atoms with Crippen LogP contribution in [0.25, 0.3) is 5.73 Å². The van der Waals surface area contributed by atoms with Crippen LogP contribution in [0.5, 0.6) is 0 Å². The molecule has 7 heteroatoms. The summed E-state index contributed by atoms with van der Waals surface area (Å²) in [5.74, 6) is -0.225. The van der Waals surface area contributed by atoms with Crippen molar-refractivity contribution in [2.45, 2.75) is 25.1 Å². The van der Waals surface area contributed by atoms with Gasteiger partial charge in [-0.3, -0.25) is 4.79 Å². The number of benzene rings is 1. The van der Waals surface area contributed by atoms with Gasteiger partial charge in [-0.15, -0.1) is 0 Å². The highest BCUT2D eigenvalue weighted by Crippen LogP contribution is 2.37. The fourth-order valence-corrected chi connectivity index (χ4v) is 2.83. The monoisotopic (exact) mass is 314 g/mol. The van der Waals surface area contributed by atoms with Crippen LogP contribution in [0.3, 0.4) is 0 Å². The predicted molar refractivity (Wildman–Crippen MR) is 78.6 cm³/mol. The molecule has 2 rings (SSSR count). The second kappa shape index (κ2) is 6.56. The van der Waals surface area contributed by atoms with Gasteiger partial charge in [-0.1, -0.05) is 18.7 Å². The van der Waals surface area contributed by atoms with Crippen LogP contribution >= 0.6 is 0 Å². The average Bonchev–Trinajstić information content (AvgIpc) is 2.52. The van der Waals surface area contributed by atoms with Crippen molar-refractivity contribution in [1.82, 2.24) is 4.90 Å². The molecule has 0 unspecified atom stereocenters. The van der Waals surface area contributed by atoms with Crippen molar-refractivity contribution in [1.29, 1.82) is 0 Å². The second-order valence-corrected chi connectivity index (χ2v) is 5.41. The van der Waals surface area contributed by atoms with E-state index in [1.807, 2.05) is 0 Å². The maximum atomic E-state index is 13.1. The first-order valence-electron chi connectivity index (χ1n) is 7.16. The lowest BCUT2D eigenvalue weighted by Gasteiger charge is -2.39. The number of para-hydroxylation sites is 1. The minimum Gasteiger partial charge on any atom is -0.670 e. The normalized spacial score (nSPS) is 16.7. The molecule has 1 aliphatic heterocycles. The minimum atomic E-state index is -4.38. The van der Waals surface area contributed by atoms with Crippen molar-refractivity contribution in [2.24, 2.45) is 0 Å². The number of hydrogen-bond acceptors (Lipinski definition) is 2. The van der Waals surface area contributed by atoms with E-state index >= 15 is 0 Å². The van der Waals surface area contributed by atoms with Gasteiger partial charge >= 0.3 is 6.18 Å². The summed E-state index contributed by atoms with van der Waals surface area (Å²) in [4.78, 5) is 14.7. The Balaban J connectivity index is 2.11. The molecule has 0 spiro atoms. The Bertz CT molecular complexity index is 525. The highest BCUT2D eigenvalue weighted by Gasteiger charge is 2.35. The number of nitrogens with zero attached hydrogens (tertiary/aromatic N) is 2. The summed E-state index contributed by atoms with van der Waals surface area (Å²) in [6.45, 7) is 0.694. The van der Waals surface area contributed by atoms with E-state index in [-0.39, 0.29) is 24.2 Å². The predicted octanol–water partition coefficient (Wildman–Crippen LogP) is 3.18. The van der Waals surface area contributed by atoms with Crippen molar-refractivity contribution in [3.8, 4) is 0 Å². The van der Waals surface area contributed by atoms with E-state index in [9.17, 15) is 18.0 Å². The Labute approximate surface area is 127 Å². The topological polar surface area (TPSA) is 47.4 Å². The van der Waals surface area contributed by atoms with Gasteiger partial charge in [-0.2, -0.15) is 13.2 Å². The molecule has 0 aliphatic carbocycles. The number of anilines is 1. The first-order valence-corrected chi connectivity index (χ1v) is 7.16. The number of rotatable bonds is 3. The van der Waals surface area contributed by atoms with Crippen LogP contribution in [0, 0.1) is 0 Å². The highest BCUT2D eigenvalue weighted by molar-refractivity contribution is 5.79. The van der Waals surface area contributed by atoms with E-state index in [1.54, 1.807) is 22.9 Å². The van der Waals surface area contributed by atoms with Crippen LogP contribution in [0.2, 0.25) is 0 Å². The number of carbonyl (C=O) groups excluding carboxylic acids is 1. The Morgan fingerprint density at radius 1 is 1.32 bits per heavy atom. The fraction of sp³-hybridized carbons (Fsp3) is 0.533. The summed E-state index contributed by atoms with van der Waals surface area (Å²) in [5, 5.41) is 0. The molecule has 22 heavy (non-hydrogen) atoms. The zero-order valence-electron chi connectivity index (χ0n) is 12.4. The van der Waals surface area contributed by atoms with Crippen molar-refractivity contribution in [2.75, 3.05) is 31.6 Å². The van der Waals surface area contributed by atoms with Crippen LogP contribution in [-0.4, -0.2) is 43.5 Å². The Hall–Kier alpha value is -1.76. The number of nitrogens with one attached hydrogen (secondary N) is 1. The quantitative estimate of drug-likeness (QED) is 0.860. The summed E-state index contributed by atoms with van der Waals surface area (Å²) in [6.07, 6.45) is -3.17. The molecule has 4 nitrogen and oxygen atoms in total. The third kappa shape index (κ3) is 3.52. The summed E-state index contributed by atoms with van der Waals surface area (Å²) < 4.78 is 39.3. The minimum absolute atomic E-state index is 0.0433. The number of alkyl halides is 3. The molecule has 0 atom stereocenters. The lowest BCUT2D eigenvalue weighted by molar-refractivity contribution is -0.137. The Kier molecular flexibility index (Phi) is 4.95. The molecule has 1 aromatic carbocycles. The van der Waals surface area contributed by atoms with Gasteiger partial charge in [0.2, 0.25) is 5.91 Å². The molecule has 1 saturated heterocycles. The zero-order chi connectivity index (χ0) is 16.3. The molecule has 1 fully saturated rings. The summed E-state index contributed by atoms with van der Waals surface area (Å²) in [5.41, 5.74) is 6.61. The van der Waals surface area contributed by atoms with Gasteiger partial charge in [0.05, 0.1) is 5.56 Å². The summed E-state index contributed by atoms with van der Waals surface area (Å²) in [7, 11) is 1.66. The average molecular weight is 314 g/mol. The standard InChI is InChI=1S/C15H19F3N3O/c1-20(11-6-8-21(9-7-11)14(22)10-19)13-5-3-2-4-12(13)15(16,17)18/h2-5,11,19H,6-10H2,1H3/q-1. The summed E-state index contributed by atoms with van der Waals surface area (Å²) >= 11 is 0. The number of carbonyl (C=O) groups is 1. The van der Waals surface area contributed by atoms with Gasteiger partial charge in [-0.25, -0.2) is 0 Å². The molecule has 1 aliphatic rings. The van der Waals surface area contributed by atoms with Crippen LogP contribution in [-0.2, 0) is 11.0 Å². The van der Waals surface area contributed by atoms with Crippen molar-refractivity contribution in [3.63, 3.8) is 0 Å². The third-order valence-electron chi connectivity index (χ3n) is 4.11. The van der Waals surface area contributed by atoms with Crippen LogP contribution in [0.15, 0.2) is 24.3 Å². The van der Waals surface area contributed by atoms with E-state index in [1.165, 1.54) is 12.1 Å². The number of halogens is 3. The first-order chi connectivity index (χ1) is 10.3. The molecule has 122 valence electrons. The maximum Gasteiger partial charge on any atom is 0.418 e. The van der Waals surface area contributed by atoms with E-state index < -0.39 is 11.7 Å². The van der Waals surface area contributed by atoms with Crippen LogP contribution < -0.4 is 4.90 Å². The lowest BCUT2D eigenvalue weighted by Crippen LogP contribution is -2.46. The van der Waals surface area contributed by atoms with Gasteiger partial charge in [-0.05, 0) is 25.0 Å². The Morgan fingerprint density at radius 2 is 1.91 bits per heavy atom. The van der Waals surface area contributed by atoms with Crippen molar-refractivity contribution in [3.05, 3.63) is 35.6 Å². The second-order valence-electron chi connectivity index (χ2n) is 5.41. The molecule has 1 amide bonds. The van der Waals surface area contributed by atoms with E-state index in [4.69, 9.17) is 5.73 Å². The molecular weight excluding hydrogens is 295 g/mol. The Morgan fingerprint density at radius 3 is 2.45 bits per heavy atom. The first kappa shape index (κ1) is 16.6. The number of piperidine rings is 1. The SMILES string of the molecule is CN(c1ccccc1C(F)(F)F)C1CCN(C(=O)C[NH-])CC1. The highest BCUT2D eigenvalue weighted by atomic mass is 19.4. The summed E-state index contributed by atoms with van der Waals surface area (Å²) in [6, 6.07) is 5.50. The molecular formula is C15H19F3N3O-. The van der Waals surface area contributed by atoms with Gasteiger partial charge in [0.25, 0.3) is 0 Å². The molecule has 1 aromatic rings. The van der Waals surface area contributed by atoms with Crippen molar-refractivity contribution >= 4 is 11.6 Å².